The highest BCUT2D eigenvalue weighted by Gasteiger charge is 2.52. The van der Waals surface area contributed by atoms with Gasteiger partial charge >= 0.3 is 6.18 Å². The maximum Gasteiger partial charge on any atom is 0.433 e. The Bertz CT molecular complexity index is 886. The quantitative estimate of drug-likeness (QED) is 0.861. The topological polar surface area (TPSA) is 78.3 Å². The van der Waals surface area contributed by atoms with Crippen molar-refractivity contribution in [3.63, 3.8) is 0 Å². The third kappa shape index (κ3) is 4.13. The highest BCUT2D eigenvalue weighted by Crippen LogP contribution is 2.36. The van der Waals surface area contributed by atoms with Crippen LogP contribution in [0.3, 0.4) is 0 Å². The number of nitriles is 1. The van der Waals surface area contributed by atoms with Gasteiger partial charge in [-0.2, -0.15) is 18.4 Å². The van der Waals surface area contributed by atoms with Crippen LogP contribution in [0.1, 0.15) is 5.56 Å². The first-order valence-corrected chi connectivity index (χ1v) is 8.07. The number of alkyl halides is 3. The molecule has 1 aromatic heterocycles. The molecule has 0 saturated carbocycles. The zero-order chi connectivity index (χ0) is 19.6. The van der Waals surface area contributed by atoms with E-state index in [1.54, 1.807) is 0 Å². The summed E-state index contributed by atoms with van der Waals surface area (Å²) >= 11 is 5.92. The molecule has 2 unspecified atom stereocenters. The van der Waals surface area contributed by atoms with E-state index in [0.29, 0.717) is 5.69 Å². The molecule has 2 heterocycles. The number of amides is 1. The molecule has 1 amide bonds. The zero-order valence-electron chi connectivity index (χ0n) is 13.6. The van der Waals surface area contributed by atoms with Crippen LogP contribution in [0.25, 0.3) is 0 Å². The SMILES string of the molecule is N#Cc1ccc(N2CC(C(=O)Nc3ccncc3)OC2C(F)(F)F)cc1Cl. The fraction of sp³-hybridized carbons (Fsp3) is 0.235. The van der Waals surface area contributed by atoms with Crippen molar-refractivity contribution in [3.05, 3.63) is 53.3 Å². The van der Waals surface area contributed by atoms with Crippen LogP contribution < -0.4 is 10.2 Å². The molecule has 6 nitrogen and oxygen atoms in total. The number of rotatable bonds is 3. The summed E-state index contributed by atoms with van der Waals surface area (Å²) in [5.74, 6) is -0.710. The molecule has 27 heavy (non-hydrogen) atoms. The predicted octanol–water partition coefficient (Wildman–Crippen LogP) is 3.34. The molecule has 0 aliphatic carbocycles. The average Bonchev–Trinajstić information content (AvgIpc) is 3.08. The standard InChI is InChI=1S/C17H12ClF3N4O2/c18-13-7-12(2-1-10(13)8-22)25-9-14(27-16(25)17(19,20)21)15(26)24-11-3-5-23-6-4-11/h1-7,14,16H,9H2,(H,23,24,26). The lowest BCUT2D eigenvalue weighted by molar-refractivity contribution is -0.212. The van der Waals surface area contributed by atoms with E-state index < -0.39 is 24.4 Å². The van der Waals surface area contributed by atoms with Crippen molar-refractivity contribution in [1.29, 1.82) is 5.26 Å². The van der Waals surface area contributed by atoms with Crippen LogP contribution in [0.4, 0.5) is 24.5 Å². The smallest absolute Gasteiger partial charge is 0.335 e. The first-order chi connectivity index (χ1) is 12.8. The second kappa shape index (κ2) is 7.42. The van der Waals surface area contributed by atoms with E-state index in [1.807, 2.05) is 6.07 Å². The van der Waals surface area contributed by atoms with Gasteiger partial charge in [0.2, 0.25) is 6.23 Å². The Morgan fingerprint density at radius 3 is 2.63 bits per heavy atom. The first kappa shape index (κ1) is 18.9. The van der Waals surface area contributed by atoms with Crippen molar-refractivity contribution < 1.29 is 22.7 Å². The molecule has 1 saturated heterocycles. The Balaban J connectivity index is 1.84. The van der Waals surface area contributed by atoms with Crippen LogP contribution in [-0.2, 0) is 9.53 Å². The molecule has 1 aliphatic rings. The summed E-state index contributed by atoms with van der Waals surface area (Å²) in [5, 5.41) is 11.4. The van der Waals surface area contributed by atoms with Crippen LogP contribution in [0.2, 0.25) is 5.02 Å². The fourth-order valence-electron chi connectivity index (χ4n) is 2.62. The summed E-state index contributed by atoms with van der Waals surface area (Å²) < 4.78 is 45.2. The minimum Gasteiger partial charge on any atom is -0.335 e. The molecule has 0 radical (unpaired) electrons. The molecule has 1 aliphatic heterocycles. The Kier molecular flexibility index (Phi) is 5.21. The minimum atomic E-state index is -4.73. The van der Waals surface area contributed by atoms with Gasteiger partial charge in [0, 0.05) is 23.8 Å². The van der Waals surface area contributed by atoms with E-state index in [-0.39, 0.29) is 22.8 Å². The average molecular weight is 397 g/mol. The molecule has 0 bridgehead atoms. The first-order valence-electron chi connectivity index (χ1n) is 7.69. The summed E-state index contributed by atoms with van der Waals surface area (Å²) in [6.07, 6.45) is -5.51. The van der Waals surface area contributed by atoms with Crippen molar-refractivity contribution in [2.75, 3.05) is 16.8 Å². The van der Waals surface area contributed by atoms with Gasteiger partial charge in [0.15, 0.2) is 6.10 Å². The summed E-state index contributed by atoms with van der Waals surface area (Å²) in [5.41, 5.74) is 0.624. The van der Waals surface area contributed by atoms with Gasteiger partial charge < -0.3 is 15.0 Å². The number of carbonyl (C=O) groups is 1. The number of nitrogens with one attached hydrogen (secondary N) is 1. The number of pyridine rings is 1. The van der Waals surface area contributed by atoms with E-state index >= 15 is 0 Å². The molecule has 0 spiro atoms. The van der Waals surface area contributed by atoms with Gasteiger partial charge in [-0.25, -0.2) is 0 Å². The molecule has 1 N–H and O–H groups in total. The number of ether oxygens (including phenoxy) is 1. The van der Waals surface area contributed by atoms with Gasteiger partial charge in [-0.15, -0.1) is 0 Å². The number of hydrogen-bond donors (Lipinski definition) is 1. The van der Waals surface area contributed by atoms with Crippen molar-refractivity contribution in [2.24, 2.45) is 0 Å². The normalized spacial score (nSPS) is 19.6. The number of carbonyl (C=O) groups excluding carboxylic acids is 1. The highest BCUT2D eigenvalue weighted by molar-refractivity contribution is 6.32. The molecule has 2 atom stereocenters. The molecule has 1 fully saturated rings. The van der Waals surface area contributed by atoms with Crippen LogP contribution in [0, 0.1) is 11.3 Å². The maximum atomic E-state index is 13.4. The van der Waals surface area contributed by atoms with Gasteiger partial charge in [0.25, 0.3) is 5.91 Å². The summed E-state index contributed by atoms with van der Waals surface area (Å²) in [6.45, 7) is -0.330. The molecule has 2 aromatic rings. The Labute approximate surface area is 157 Å². The summed E-state index contributed by atoms with van der Waals surface area (Å²) in [7, 11) is 0. The van der Waals surface area contributed by atoms with E-state index in [9.17, 15) is 18.0 Å². The molecular weight excluding hydrogens is 385 g/mol. The summed E-state index contributed by atoms with van der Waals surface area (Å²) in [4.78, 5) is 17.0. The second-order valence-electron chi connectivity index (χ2n) is 5.67. The highest BCUT2D eigenvalue weighted by atomic mass is 35.5. The number of benzene rings is 1. The largest absolute Gasteiger partial charge is 0.433 e. The minimum absolute atomic E-state index is 0.0145. The maximum absolute atomic E-state index is 13.4. The number of nitrogens with zero attached hydrogens (tertiary/aromatic N) is 3. The van der Waals surface area contributed by atoms with Gasteiger partial charge in [-0.05, 0) is 30.3 Å². The summed E-state index contributed by atoms with van der Waals surface area (Å²) in [6, 6.07) is 8.73. The number of halogens is 4. The van der Waals surface area contributed by atoms with E-state index in [4.69, 9.17) is 21.6 Å². The zero-order valence-corrected chi connectivity index (χ0v) is 14.3. The van der Waals surface area contributed by atoms with Gasteiger partial charge in [-0.3, -0.25) is 9.78 Å². The molecule has 1 aromatic carbocycles. The van der Waals surface area contributed by atoms with Crippen molar-refractivity contribution >= 4 is 28.9 Å². The van der Waals surface area contributed by atoms with Crippen LogP contribution in [0.5, 0.6) is 0 Å². The van der Waals surface area contributed by atoms with Gasteiger partial charge in [-0.1, -0.05) is 11.6 Å². The predicted molar refractivity (Wildman–Crippen MR) is 91.1 cm³/mol. The Morgan fingerprint density at radius 1 is 1.33 bits per heavy atom. The number of hydrogen-bond acceptors (Lipinski definition) is 5. The van der Waals surface area contributed by atoms with E-state index in [2.05, 4.69) is 10.3 Å². The molecule has 3 rings (SSSR count). The third-order valence-electron chi connectivity index (χ3n) is 3.86. The number of anilines is 2. The lowest BCUT2D eigenvalue weighted by Crippen LogP contribution is -2.42. The third-order valence-corrected chi connectivity index (χ3v) is 4.18. The van der Waals surface area contributed by atoms with Crippen molar-refractivity contribution in [3.8, 4) is 6.07 Å². The molecular formula is C17H12ClF3N4O2. The molecule has 10 heteroatoms. The van der Waals surface area contributed by atoms with Crippen LogP contribution in [0.15, 0.2) is 42.7 Å². The van der Waals surface area contributed by atoms with E-state index in [0.717, 1.165) is 4.90 Å². The van der Waals surface area contributed by atoms with Crippen molar-refractivity contribution in [2.45, 2.75) is 18.5 Å². The van der Waals surface area contributed by atoms with Crippen LogP contribution >= 0.6 is 11.6 Å². The van der Waals surface area contributed by atoms with Gasteiger partial charge in [0.1, 0.15) is 6.07 Å². The monoisotopic (exact) mass is 396 g/mol. The Hall–Kier alpha value is -2.83. The Morgan fingerprint density at radius 2 is 2.04 bits per heavy atom. The fourth-order valence-corrected chi connectivity index (χ4v) is 2.83. The lowest BCUT2D eigenvalue weighted by atomic mass is 10.2. The van der Waals surface area contributed by atoms with Gasteiger partial charge in [0.05, 0.1) is 17.1 Å². The van der Waals surface area contributed by atoms with E-state index in [1.165, 1.54) is 42.7 Å². The number of aromatic nitrogens is 1. The molecule has 140 valence electrons. The van der Waals surface area contributed by atoms with Crippen molar-refractivity contribution in [1.82, 2.24) is 4.98 Å². The lowest BCUT2D eigenvalue weighted by Gasteiger charge is -2.26. The van der Waals surface area contributed by atoms with Crippen LogP contribution in [-0.4, -0.2) is 35.9 Å². The second-order valence-corrected chi connectivity index (χ2v) is 6.08.